The van der Waals surface area contributed by atoms with Crippen LogP contribution in [0.5, 0.6) is 0 Å². The van der Waals surface area contributed by atoms with E-state index >= 15 is 0 Å². The van der Waals surface area contributed by atoms with Crippen LogP contribution in [-0.4, -0.2) is 30.8 Å². The van der Waals surface area contributed by atoms with Gasteiger partial charge in [-0.25, -0.2) is 9.48 Å². The van der Waals surface area contributed by atoms with Crippen LogP contribution < -0.4 is 10.9 Å². The van der Waals surface area contributed by atoms with E-state index in [9.17, 15) is 14.7 Å². The van der Waals surface area contributed by atoms with Crippen molar-refractivity contribution < 1.29 is 9.90 Å². The van der Waals surface area contributed by atoms with E-state index in [1.807, 2.05) is 50.2 Å². The molecule has 168 valence electrons. The van der Waals surface area contributed by atoms with Crippen LogP contribution in [0.3, 0.4) is 0 Å². The van der Waals surface area contributed by atoms with Gasteiger partial charge in [-0.15, -0.1) is 0 Å². The maximum atomic E-state index is 12.1. The van der Waals surface area contributed by atoms with Gasteiger partial charge >= 0.3 is 5.97 Å². The van der Waals surface area contributed by atoms with E-state index in [0.717, 1.165) is 28.1 Å². The van der Waals surface area contributed by atoms with Crippen molar-refractivity contribution in [3.63, 3.8) is 0 Å². The molecule has 0 amide bonds. The van der Waals surface area contributed by atoms with E-state index < -0.39 is 5.97 Å². The summed E-state index contributed by atoms with van der Waals surface area (Å²) in [4.78, 5) is 30.8. The molecule has 0 unspecified atom stereocenters. The third-order valence-electron chi connectivity index (χ3n) is 5.76. The van der Waals surface area contributed by atoms with E-state index in [-0.39, 0.29) is 11.1 Å². The van der Waals surface area contributed by atoms with Gasteiger partial charge < -0.3 is 15.4 Å². The van der Waals surface area contributed by atoms with Crippen molar-refractivity contribution in [2.75, 3.05) is 5.32 Å². The fourth-order valence-corrected chi connectivity index (χ4v) is 4.11. The monoisotopic (exact) mass is 451 g/mol. The van der Waals surface area contributed by atoms with Crippen LogP contribution in [0.1, 0.15) is 21.6 Å². The molecule has 0 spiro atoms. The minimum Gasteiger partial charge on any atom is -0.478 e. The highest BCUT2D eigenvalue weighted by atomic mass is 16.4. The summed E-state index contributed by atoms with van der Waals surface area (Å²) >= 11 is 0. The minimum absolute atomic E-state index is 0.151. The molecule has 0 saturated heterocycles. The van der Waals surface area contributed by atoms with Gasteiger partial charge in [0.05, 0.1) is 39.9 Å². The van der Waals surface area contributed by atoms with E-state index in [1.54, 1.807) is 35.0 Å². The molecule has 0 saturated carbocycles. The van der Waals surface area contributed by atoms with Crippen molar-refractivity contribution in [3.05, 3.63) is 100 Å². The topological polar surface area (TPSA) is 113 Å². The number of aromatic carboxylic acids is 1. The zero-order chi connectivity index (χ0) is 23.8. The lowest BCUT2D eigenvalue weighted by Crippen LogP contribution is -2.08. The summed E-state index contributed by atoms with van der Waals surface area (Å²) in [7, 11) is 0. The average molecular weight is 451 g/mol. The van der Waals surface area contributed by atoms with Gasteiger partial charge in [-0.1, -0.05) is 36.4 Å². The highest BCUT2D eigenvalue weighted by Gasteiger charge is 2.21. The summed E-state index contributed by atoms with van der Waals surface area (Å²) < 4.78 is 1.79. The zero-order valence-electron chi connectivity index (χ0n) is 18.5. The molecule has 0 aliphatic heterocycles. The second kappa shape index (κ2) is 8.32. The highest BCUT2D eigenvalue weighted by molar-refractivity contribution is 5.96. The molecule has 2 aromatic heterocycles. The van der Waals surface area contributed by atoms with Crippen LogP contribution in [0.4, 0.5) is 11.5 Å². The van der Waals surface area contributed by atoms with Crippen LogP contribution in [0, 0.1) is 13.8 Å². The van der Waals surface area contributed by atoms with Gasteiger partial charge in [-0.2, -0.15) is 10.1 Å². The lowest BCUT2D eigenvalue weighted by molar-refractivity contribution is 0.0698. The van der Waals surface area contributed by atoms with Gasteiger partial charge in [0.15, 0.2) is 0 Å². The smallest absolute Gasteiger partial charge is 0.337 e. The first kappa shape index (κ1) is 21.1. The van der Waals surface area contributed by atoms with Crippen molar-refractivity contribution in [1.29, 1.82) is 0 Å². The molecule has 2 heterocycles. The second-order valence-corrected chi connectivity index (χ2v) is 7.95. The van der Waals surface area contributed by atoms with Crippen LogP contribution in [0.2, 0.25) is 0 Å². The van der Waals surface area contributed by atoms with Crippen molar-refractivity contribution >= 4 is 28.4 Å². The Morgan fingerprint density at radius 2 is 1.79 bits per heavy atom. The number of benzene rings is 3. The summed E-state index contributed by atoms with van der Waals surface area (Å²) in [5.41, 5.74) is 5.19. The maximum absolute atomic E-state index is 12.1. The number of fused-ring (bicyclic) bond motifs is 1. The van der Waals surface area contributed by atoms with Gasteiger partial charge in [-0.05, 0) is 55.3 Å². The molecule has 0 radical (unpaired) electrons. The van der Waals surface area contributed by atoms with Gasteiger partial charge in [0, 0.05) is 5.56 Å². The van der Waals surface area contributed by atoms with Crippen LogP contribution in [-0.2, 0) is 0 Å². The SMILES string of the molecule is Cc1ccccc1-n1nc(C)c(-c2ccc3c(=O)nc[nH]c3c2)c1Nc1ccccc1C(=O)O. The first-order valence-electron chi connectivity index (χ1n) is 10.7. The van der Waals surface area contributed by atoms with E-state index in [4.69, 9.17) is 5.10 Å². The Hall–Kier alpha value is -4.72. The summed E-state index contributed by atoms with van der Waals surface area (Å²) in [6.45, 7) is 3.90. The molecular formula is C26H21N5O3. The van der Waals surface area contributed by atoms with Gasteiger partial charge in [0.25, 0.3) is 5.56 Å². The molecule has 8 heteroatoms. The Balaban J connectivity index is 1.77. The molecule has 3 N–H and O–H groups in total. The van der Waals surface area contributed by atoms with E-state index in [2.05, 4.69) is 15.3 Å². The zero-order valence-corrected chi connectivity index (χ0v) is 18.5. The third-order valence-corrected chi connectivity index (χ3v) is 5.76. The van der Waals surface area contributed by atoms with Crippen molar-refractivity contribution in [3.8, 4) is 16.8 Å². The number of hydrogen-bond acceptors (Lipinski definition) is 5. The predicted octanol–water partition coefficient (Wildman–Crippen LogP) is 4.83. The van der Waals surface area contributed by atoms with Crippen molar-refractivity contribution in [2.45, 2.75) is 13.8 Å². The standard InChI is InChI=1S/C26H21N5O3/c1-15-7-3-6-10-22(15)31-24(29-20-9-5-4-8-19(20)26(33)34)23(16(2)30-31)17-11-12-18-21(13-17)27-14-28-25(18)32/h3-14,29H,1-2H3,(H,33,34)(H,27,28,32). The molecule has 0 aliphatic rings. The van der Waals surface area contributed by atoms with Gasteiger partial charge in [0.1, 0.15) is 5.82 Å². The molecule has 0 atom stereocenters. The largest absolute Gasteiger partial charge is 0.478 e. The lowest BCUT2D eigenvalue weighted by atomic mass is 10.0. The number of rotatable bonds is 5. The number of carboxylic acid groups (broad SMARTS) is 1. The molecule has 3 aromatic carbocycles. The van der Waals surface area contributed by atoms with Gasteiger partial charge in [0.2, 0.25) is 0 Å². The Kier molecular flexibility index (Phi) is 5.18. The van der Waals surface area contributed by atoms with Crippen LogP contribution in [0.15, 0.2) is 77.9 Å². The van der Waals surface area contributed by atoms with E-state index in [1.165, 1.54) is 6.33 Å². The summed E-state index contributed by atoms with van der Waals surface area (Å²) in [5, 5.41) is 18.3. The fraction of sp³-hybridized carbons (Fsp3) is 0.0769. The summed E-state index contributed by atoms with van der Waals surface area (Å²) in [5.74, 6) is -0.407. The third kappa shape index (κ3) is 3.61. The molecule has 0 aliphatic carbocycles. The predicted molar refractivity (Wildman–Crippen MR) is 131 cm³/mol. The molecule has 0 fully saturated rings. The highest BCUT2D eigenvalue weighted by Crippen LogP contribution is 2.37. The van der Waals surface area contributed by atoms with Gasteiger partial charge in [-0.3, -0.25) is 4.79 Å². The van der Waals surface area contributed by atoms with Crippen LogP contribution >= 0.6 is 0 Å². The number of carboxylic acids is 1. The number of aromatic amines is 1. The molecule has 34 heavy (non-hydrogen) atoms. The fourth-order valence-electron chi connectivity index (χ4n) is 4.11. The quantitative estimate of drug-likeness (QED) is 0.353. The first-order valence-corrected chi connectivity index (χ1v) is 10.7. The summed E-state index contributed by atoms with van der Waals surface area (Å²) in [6.07, 6.45) is 1.38. The van der Waals surface area contributed by atoms with Crippen molar-refractivity contribution in [1.82, 2.24) is 19.7 Å². The number of para-hydroxylation sites is 2. The minimum atomic E-state index is -1.03. The molecular weight excluding hydrogens is 430 g/mol. The number of hydrogen-bond donors (Lipinski definition) is 3. The first-order chi connectivity index (χ1) is 16.4. The normalized spacial score (nSPS) is 11.0. The summed E-state index contributed by atoms with van der Waals surface area (Å²) in [6, 6.07) is 20.0. The van der Waals surface area contributed by atoms with Crippen molar-refractivity contribution in [2.24, 2.45) is 0 Å². The molecule has 8 nitrogen and oxygen atoms in total. The maximum Gasteiger partial charge on any atom is 0.337 e. The number of aromatic nitrogens is 4. The number of aryl methyl sites for hydroxylation is 2. The Labute approximate surface area is 194 Å². The Bertz CT molecular complexity index is 1620. The Morgan fingerprint density at radius 1 is 1.03 bits per heavy atom. The number of carbonyl (C=O) groups is 1. The lowest BCUT2D eigenvalue weighted by Gasteiger charge is -2.15. The number of nitrogens with one attached hydrogen (secondary N) is 2. The average Bonchev–Trinajstić information content (AvgIpc) is 3.15. The van der Waals surface area contributed by atoms with E-state index in [0.29, 0.717) is 22.4 Å². The Morgan fingerprint density at radius 3 is 2.59 bits per heavy atom. The van der Waals surface area contributed by atoms with Crippen LogP contribution in [0.25, 0.3) is 27.7 Å². The number of anilines is 2. The molecule has 5 aromatic rings. The molecule has 5 rings (SSSR count). The number of nitrogens with zero attached hydrogens (tertiary/aromatic N) is 3. The number of H-pyrrole nitrogens is 1. The second-order valence-electron chi connectivity index (χ2n) is 7.95. The molecule has 0 bridgehead atoms.